The number of para-hydroxylation sites is 2. The van der Waals surface area contributed by atoms with Crippen molar-refractivity contribution in [2.45, 2.75) is 20.3 Å². The molecule has 0 radical (unpaired) electrons. The molecule has 0 saturated carbocycles. The summed E-state index contributed by atoms with van der Waals surface area (Å²) in [4.78, 5) is 20.6. The van der Waals surface area contributed by atoms with Gasteiger partial charge < -0.3 is 16.2 Å². The summed E-state index contributed by atoms with van der Waals surface area (Å²) in [7, 11) is 0. The number of nitrogen functional groups attached to an aromatic ring is 1. The van der Waals surface area contributed by atoms with E-state index in [0.717, 1.165) is 11.3 Å². The summed E-state index contributed by atoms with van der Waals surface area (Å²) in [6.07, 6.45) is 0.602. The van der Waals surface area contributed by atoms with Crippen molar-refractivity contribution in [2.24, 2.45) is 0 Å². The van der Waals surface area contributed by atoms with Crippen molar-refractivity contribution in [2.75, 3.05) is 17.7 Å². The number of benzene rings is 3. The molecule has 162 valence electrons. The smallest absolute Gasteiger partial charge is 0.295 e. The number of nitrogens with one attached hydrogen (secondary N) is 1. The van der Waals surface area contributed by atoms with Gasteiger partial charge >= 0.3 is 0 Å². The monoisotopic (exact) mass is 424 g/mol. The standard InChI is InChI=1S/C15H16N2O3.C7H8N2O2/c1-11-3-2-4-14(15(11)17(19)20)16-13-7-5-12(6-8-13)9-10-18;1-5-3-2-4-6(8)7(5)9(10)11/h2-8,16,18H,9-10H2,1H3;2-4H,8H2,1H3. The van der Waals surface area contributed by atoms with Crippen molar-refractivity contribution in [3.05, 3.63) is 97.6 Å². The Morgan fingerprint density at radius 2 is 1.42 bits per heavy atom. The largest absolute Gasteiger partial charge is 0.396 e. The molecule has 0 aliphatic rings. The van der Waals surface area contributed by atoms with E-state index >= 15 is 0 Å². The highest BCUT2D eigenvalue weighted by molar-refractivity contribution is 5.71. The quantitative estimate of drug-likeness (QED) is 0.296. The van der Waals surface area contributed by atoms with E-state index in [4.69, 9.17) is 10.8 Å². The van der Waals surface area contributed by atoms with E-state index < -0.39 is 4.92 Å². The molecule has 3 aromatic rings. The molecule has 0 atom stereocenters. The minimum absolute atomic E-state index is 0.00694. The van der Waals surface area contributed by atoms with E-state index in [9.17, 15) is 20.2 Å². The SMILES string of the molecule is Cc1cccc(N)c1[N+](=O)[O-].Cc1cccc(Nc2ccc(CCO)cc2)c1[N+](=O)[O-]. The predicted molar refractivity (Wildman–Crippen MR) is 121 cm³/mol. The summed E-state index contributed by atoms with van der Waals surface area (Å²) in [5, 5.41) is 33.4. The summed E-state index contributed by atoms with van der Waals surface area (Å²) in [5.41, 5.74) is 9.19. The van der Waals surface area contributed by atoms with E-state index in [0.29, 0.717) is 23.2 Å². The van der Waals surface area contributed by atoms with Crippen LogP contribution in [0.5, 0.6) is 0 Å². The summed E-state index contributed by atoms with van der Waals surface area (Å²) in [5.74, 6) is 0. The van der Waals surface area contributed by atoms with Gasteiger partial charge in [0.25, 0.3) is 11.4 Å². The first-order chi connectivity index (χ1) is 14.7. The van der Waals surface area contributed by atoms with Crippen molar-refractivity contribution >= 4 is 28.4 Å². The van der Waals surface area contributed by atoms with Crippen LogP contribution in [0.15, 0.2) is 60.7 Å². The first kappa shape index (κ1) is 23.3. The molecule has 9 nitrogen and oxygen atoms in total. The number of nitro benzene ring substituents is 2. The lowest BCUT2D eigenvalue weighted by molar-refractivity contribution is -0.384. The van der Waals surface area contributed by atoms with Gasteiger partial charge in [0, 0.05) is 23.4 Å². The molecule has 0 saturated heterocycles. The highest BCUT2D eigenvalue weighted by Gasteiger charge is 2.16. The van der Waals surface area contributed by atoms with E-state index in [2.05, 4.69) is 5.32 Å². The van der Waals surface area contributed by atoms with Gasteiger partial charge in [-0.15, -0.1) is 0 Å². The third-order valence-corrected chi connectivity index (χ3v) is 4.51. The van der Waals surface area contributed by atoms with Crippen LogP contribution < -0.4 is 11.1 Å². The molecule has 0 unspecified atom stereocenters. The molecule has 3 rings (SSSR count). The molecule has 9 heteroatoms. The normalized spacial score (nSPS) is 10.0. The maximum Gasteiger partial charge on any atom is 0.295 e. The number of nitrogens with zero attached hydrogens (tertiary/aromatic N) is 2. The molecule has 0 amide bonds. The second-order valence-corrected chi connectivity index (χ2v) is 6.79. The number of rotatable bonds is 6. The molecule has 0 aliphatic carbocycles. The number of aliphatic hydroxyl groups excluding tert-OH is 1. The molecule has 0 heterocycles. The highest BCUT2D eigenvalue weighted by Crippen LogP contribution is 2.30. The molecular formula is C22H24N4O5. The van der Waals surface area contributed by atoms with Gasteiger partial charge in [-0.3, -0.25) is 20.2 Å². The van der Waals surface area contributed by atoms with Crippen LogP contribution in [0.4, 0.5) is 28.4 Å². The third-order valence-electron chi connectivity index (χ3n) is 4.51. The second-order valence-electron chi connectivity index (χ2n) is 6.79. The second kappa shape index (κ2) is 10.7. The maximum absolute atomic E-state index is 11.1. The number of hydrogen-bond donors (Lipinski definition) is 3. The Morgan fingerprint density at radius 1 is 0.871 bits per heavy atom. The van der Waals surface area contributed by atoms with Crippen LogP contribution in [0, 0.1) is 34.1 Å². The number of anilines is 3. The zero-order chi connectivity index (χ0) is 23.0. The summed E-state index contributed by atoms with van der Waals surface area (Å²) in [6, 6.07) is 17.5. The lowest BCUT2D eigenvalue weighted by Crippen LogP contribution is -1.99. The van der Waals surface area contributed by atoms with Gasteiger partial charge in [-0.1, -0.05) is 36.4 Å². The molecule has 0 spiro atoms. The van der Waals surface area contributed by atoms with Crippen LogP contribution in [0.3, 0.4) is 0 Å². The number of nitro groups is 2. The van der Waals surface area contributed by atoms with Gasteiger partial charge in [-0.25, -0.2) is 0 Å². The Kier molecular flexibility index (Phi) is 8.04. The number of aryl methyl sites for hydroxylation is 2. The van der Waals surface area contributed by atoms with Crippen molar-refractivity contribution < 1.29 is 15.0 Å². The Morgan fingerprint density at radius 3 is 1.90 bits per heavy atom. The number of aliphatic hydroxyl groups is 1. The Bertz CT molecular complexity index is 1050. The van der Waals surface area contributed by atoms with Crippen LogP contribution in [-0.2, 0) is 6.42 Å². The molecule has 31 heavy (non-hydrogen) atoms. The first-order valence-corrected chi connectivity index (χ1v) is 9.45. The molecular weight excluding hydrogens is 400 g/mol. The van der Waals surface area contributed by atoms with Crippen LogP contribution in [0.25, 0.3) is 0 Å². The van der Waals surface area contributed by atoms with Gasteiger partial charge in [-0.2, -0.15) is 0 Å². The van der Waals surface area contributed by atoms with Crippen LogP contribution in [0.2, 0.25) is 0 Å². The summed E-state index contributed by atoms with van der Waals surface area (Å²) < 4.78 is 0. The minimum atomic E-state index is -0.468. The van der Waals surface area contributed by atoms with E-state index in [1.165, 1.54) is 6.07 Å². The average Bonchev–Trinajstić information content (AvgIpc) is 2.69. The van der Waals surface area contributed by atoms with Crippen LogP contribution >= 0.6 is 0 Å². The van der Waals surface area contributed by atoms with Gasteiger partial charge in [0.05, 0.1) is 9.85 Å². The van der Waals surface area contributed by atoms with Crippen molar-refractivity contribution in [3.8, 4) is 0 Å². The van der Waals surface area contributed by atoms with Gasteiger partial charge in [0.1, 0.15) is 11.4 Å². The van der Waals surface area contributed by atoms with Crippen molar-refractivity contribution in [3.63, 3.8) is 0 Å². The Hall–Kier alpha value is -3.98. The first-order valence-electron chi connectivity index (χ1n) is 9.45. The fourth-order valence-electron chi connectivity index (χ4n) is 2.97. The summed E-state index contributed by atoms with van der Waals surface area (Å²) >= 11 is 0. The van der Waals surface area contributed by atoms with Gasteiger partial charge in [-0.05, 0) is 50.1 Å². The third kappa shape index (κ3) is 6.25. The molecule has 0 aromatic heterocycles. The molecule has 4 N–H and O–H groups in total. The number of hydrogen-bond acceptors (Lipinski definition) is 7. The summed E-state index contributed by atoms with van der Waals surface area (Å²) in [6.45, 7) is 3.48. The fraction of sp³-hybridized carbons (Fsp3) is 0.182. The van der Waals surface area contributed by atoms with Gasteiger partial charge in [0.2, 0.25) is 0 Å². The van der Waals surface area contributed by atoms with Crippen molar-refractivity contribution in [1.82, 2.24) is 0 Å². The molecule has 3 aromatic carbocycles. The van der Waals surface area contributed by atoms with E-state index in [-0.39, 0.29) is 28.6 Å². The molecule has 0 aliphatic heterocycles. The zero-order valence-electron chi connectivity index (χ0n) is 17.2. The number of nitrogens with two attached hydrogens (primary N) is 1. The van der Waals surface area contributed by atoms with E-state index in [1.54, 1.807) is 44.2 Å². The lowest BCUT2D eigenvalue weighted by Gasteiger charge is -2.09. The molecule has 0 fully saturated rings. The van der Waals surface area contributed by atoms with Gasteiger partial charge in [0.15, 0.2) is 0 Å². The Labute approximate surface area is 179 Å². The minimum Gasteiger partial charge on any atom is -0.396 e. The topological polar surface area (TPSA) is 145 Å². The van der Waals surface area contributed by atoms with Crippen LogP contribution in [-0.4, -0.2) is 21.6 Å². The van der Waals surface area contributed by atoms with Crippen LogP contribution in [0.1, 0.15) is 16.7 Å². The zero-order valence-corrected chi connectivity index (χ0v) is 17.2. The average molecular weight is 424 g/mol. The highest BCUT2D eigenvalue weighted by atomic mass is 16.6. The lowest BCUT2D eigenvalue weighted by atomic mass is 10.1. The maximum atomic E-state index is 11.1. The van der Waals surface area contributed by atoms with E-state index in [1.807, 2.05) is 24.3 Å². The van der Waals surface area contributed by atoms with Crippen molar-refractivity contribution in [1.29, 1.82) is 0 Å². The Balaban J connectivity index is 0.000000262. The predicted octanol–water partition coefficient (Wildman–Crippen LogP) is 4.67. The fourth-order valence-corrected chi connectivity index (χ4v) is 2.97. The molecule has 0 bridgehead atoms.